The third-order valence-electron chi connectivity index (χ3n) is 1.99. The van der Waals surface area contributed by atoms with Crippen LogP contribution in [0, 0.1) is 5.41 Å². The molecule has 0 fully saturated rings. The summed E-state index contributed by atoms with van der Waals surface area (Å²) in [4.78, 5) is 11.5. The molecule has 0 atom stereocenters. The first-order valence-corrected chi connectivity index (χ1v) is 5.90. The number of urea groups is 1. The van der Waals surface area contributed by atoms with E-state index in [9.17, 15) is 4.79 Å². The maximum absolute atomic E-state index is 11.5. The number of allylic oxidation sites excluding steroid dienone is 1. The highest BCUT2D eigenvalue weighted by Crippen LogP contribution is 2.26. The fraction of sp³-hybridized carbons (Fsp3) is 0.769. The lowest BCUT2D eigenvalue weighted by Crippen LogP contribution is -2.48. The summed E-state index contributed by atoms with van der Waals surface area (Å²) >= 11 is 0. The SMILES string of the molecule is CC/C=C/NC(=O)NC(C)(C)CC(C)(C)C. The van der Waals surface area contributed by atoms with E-state index in [2.05, 4.69) is 31.4 Å². The molecular formula is C13H26N2O. The zero-order valence-corrected chi connectivity index (χ0v) is 11.5. The molecule has 0 aromatic carbocycles. The molecule has 2 N–H and O–H groups in total. The predicted molar refractivity (Wildman–Crippen MR) is 69.2 cm³/mol. The van der Waals surface area contributed by atoms with Crippen LogP contribution in [0.15, 0.2) is 12.3 Å². The lowest BCUT2D eigenvalue weighted by atomic mass is 9.82. The van der Waals surface area contributed by atoms with Gasteiger partial charge in [0.2, 0.25) is 0 Å². The number of hydrogen-bond donors (Lipinski definition) is 2. The van der Waals surface area contributed by atoms with E-state index < -0.39 is 0 Å². The molecule has 0 aliphatic heterocycles. The van der Waals surface area contributed by atoms with Crippen LogP contribution in [0.25, 0.3) is 0 Å². The highest BCUT2D eigenvalue weighted by molar-refractivity contribution is 5.75. The van der Waals surface area contributed by atoms with Gasteiger partial charge in [-0.2, -0.15) is 0 Å². The van der Waals surface area contributed by atoms with Crippen LogP contribution < -0.4 is 10.6 Å². The van der Waals surface area contributed by atoms with Crippen molar-refractivity contribution in [2.24, 2.45) is 5.41 Å². The Morgan fingerprint density at radius 2 is 1.75 bits per heavy atom. The third-order valence-corrected chi connectivity index (χ3v) is 1.99. The molecule has 0 aliphatic rings. The van der Waals surface area contributed by atoms with Gasteiger partial charge in [-0.15, -0.1) is 0 Å². The van der Waals surface area contributed by atoms with Gasteiger partial charge in [0.1, 0.15) is 0 Å². The van der Waals surface area contributed by atoms with Crippen LogP contribution in [0.2, 0.25) is 0 Å². The van der Waals surface area contributed by atoms with Crippen molar-refractivity contribution in [3.8, 4) is 0 Å². The van der Waals surface area contributed by atoms with Gasteiger partial charge >= 0.3 is 6.03 Å². The second-order valence-electron chi connectivity index (χ2n) is 6.03. The van der Waals surface area contributed by atoms with Gasteiger partial charge in [0.25, 0.3) is 0 Å². The summed E-state index contributed by atoms with van der Waals surface area (Å²) in [5, 5.41) is 5.67. The molecule has 0 saturated heterocycles. The lowest BCUT2D eigenvalue weighted by Gasteiger charge is -2.33. The summed E-state index contributed by atoms with van der Waals surface area (Å²) in [6, 6.07) is -0.140. The van der Waals surface area contributed by atoms with E-state index in [1.165, 1.54) is 0 Å². The second-order valence-corrected chi connectivity index (χ2v) is 6.03. The van der Waals surface area contributed by atoms with E-state index in [4.69, 9.17) is 0 Å². The number of nitrogens with one attached hydrogen (secondary N) is 2. The summed E-state index contributed by atoms with van der Waals surface area (Å²) in [5.74, 6) is 0. The van der Waals surface area contributed by atoms with Crippen LogP contribution in [0.1, 0.15) is 54.4 Å². The molecule has 0 aliphatic carbocycles. The van der Waals surface area contributed by atoms with Crippen molar-refractivity contribution in [1.82, 2.24) is 10.6 Å². The molecule has 2 amide bonds. The van der Waals surface area contributed by atoms with Crippen molar-refractivity contribution in [3.05, 3.63) is 12.3 Å². The summed E-state index contributed by atoms with van der Waals surface area (Å²) < 4.78 is 0. The molecule has 16 heavy (non-hydrogen) atoms. The van der Waals surface area contributed by atoms with Crippen molar-refractivity contribution in [2.45, 2.75) is 59.9 Å². The molecule has 0 rings (SSSR count). The monoisotopic (exact) mass is 226 g/mol. The fourth-order valence-electron chi connectivity index (χ4n) is 1.97. The third kappa shape index (κ3) is 8.33. The van der Waals surface area contributed by atoms with Crippen molar-refractivity contribution in [1.29, 1.82) is 0 Å². The van der Waals surface area contributed by atoms with Crippen LogP contribution >= 0.6 is 0 Å². The van der Waals surface area contributed by atoms with Gasteiger partial charge < -0.3 is 10.6 Å². The standard InChI is InChI=1S/C13H26N2O/c1-7-8-9-14-11(16)15-13(5,6)10-12(2,3)4/h8-9H,7,10H2,1-6H3,(H2,14,15,16)/b9-8+. The van der Waals surface area contributed by atoms with Gasteiger partial charge in [0, 0.05) is 11.7 Å². The number of hydrogen-bond acceptors (Lipinski definition) is 1. The van der Waals surface area contributed by atoms with E-state index in [0.29, 0.717) is 0 Å². The smallest absolute Gasteiger partial charge is 0.319 e. The van der Waals surface area contributed by atoms with Gasteiger partial charge in [-0.3, -0.25) is 0 Å². The van der Waals surface area contributed by atoms with Crippen molar-refractivity contribution >= 4 is 6.03 Å². The molecule has 0 heterocycles. The average molecular weight is 226 g/mol. The molecule has 0 radical (unpaired) electrons. The topological polar surface area (TPSA) is 41.1 Å². The molecule has 0 aromatic rings. The normalized spacial score (nSPS) is 12.9. The molecule has 94 valence electrons. The van der Waals surface area contributed by atoms with Crippen LogP contribution in [0.5, 0.6) is 0 Å². The zero-order valence-electron chi connectivity index (χ0n) is 11.5. The number of carbonyl (C=O) groups excluding carboxylic acids is 1. The Bertz CT molecular complexity index is 249. The Morgan fingerprint density at radius 3 is 2.19 bits per heavy atom. The summed E-state index contributed by atoms with van der Waals surface area (Å²) in [5.41, 5.74) is 0.0123. The van der Waals surface area contributed by atoms with E-state index in [-0.39, 0.29) is 17.0 Å². The quantitative estimate of drug-likeness (QED) is 0.757. The second kappa shape index (κ2) is 5.92. The molecule has 0 aromatic heterocycles. The highest BCUT2D eigenvalue weighted by Gasteiger charge is 2.26. The van der Waals surface area contributed by atoms with Gasteiger partial charge in [-0.25, -0.2) is 4.79 Å². The predicted octanol–water partition coefficient (Wildman–Crippen LogP) is 3.42. The molecule has 0 spiro atoms. The molecule has 3 heteroatoms. The zero-order chi connectivity index (χ0) is 12.8. The van der Waals surface area contributed by atoms with Gasteiger partial charge in [-0.05, 0) is 32.1 Å². The maximum Gasteiger partial charge on any atom is 0.319 e. The minimum atomic E-state index is -0.192. The summed E-state index contributed by atoms with van der Waals surface area (Å²) in [7, 11) is 0. The molecular weight excluding hydrogens is 200 g/mol. The number of carbonyl (C=O) groups is 1. The summed E-state index contributed by atoms with van der Waals surface area (Å²) in [6.45, 7) is 12.6. The van der Waals surface area contributed by atoms with E-state index in [1.807, 2.05) is 26.8 Å². The average Bonchev–Trinajstić information content (AvgIpc) is 1.98. The van der Waals surface area contributed by atoms with E-state index in [0.717, 1.165) is 12.8 Å². The molecule has 0 saturated carbocycles. The molecule has 0 unspecified atom stereocenters. The first kappa shape index (κ1) is 15.0. The highest BCUT2D eigenvalue weighted by atomic mass is 16.2. The first-order valence-electron chi connectivity index (χ1n) is 5.90. The first-order chi connectivity index (χ1) is 7.16. The van der Waals surface area contributed by atoms with Gasteiger partial charge in [0.05, 0.1) is 0 Å². The van der Waals surface area contributed by atoms with Crippen molar-refractivity contribution < 1.29 is 4.79 Å². The Kier molecular flexibility index (Phi) is 5.56. The van der Waals surface area contributed by atoms with Crippen LogP contribution in [-0.4, -0.2) is 11.6 Å². The Labute approximate surface area is 99.7 Å². The van der Waals surface area contributed by atoms with Crippen molar-refractivity contribution in [2.75, 3.05) is 0 Å². The Balaban J connectivity index is 4.15. The van der Waals surface area contributed by atoms with E-state index >= 15 is 0 Å². The summed E-state index contributed by atoms with van der Waals surface area (Å²) in [6.07, 6.45) is 5.45. The van der Waals surface area contributed by atoms with Crippen LogP contribution in [-0.2, 0) is 0 Å². The Morgan fingerprint density at radius 1 is 1.19 bits per heavy atom. The van der Waals surface area contributed by atoms with Gasteiger partial charge in [0.15, 0.2) is 0 Å². The maximum atomic E-state index is 11.5. The molecule has 3 nitrogen and oxygen atoms in total. The Hall–Kier alpha value is -0.990. The number of amides is 2. The van der Waals surface area contributed by atoms with Crippen molar-refractivity contribution in [3.63, 3.8) is 0 Å². The molecule has 0 bridgehead atoms. The van der Waals surface area contributed by atoms with Gasteiger partial charge in [-0.1, -0.05) is 33.8 Å². The fourth-order valence-corrected chi connectivity index (χ4v) is 1.97. The van der Waals surface area contributed by atoms with Crippen LogP contribution in [0.3, 0.4) is 0 Å². The minimum absolute atomic E-state index is 0.140. The van der Waals surface area contributed by atoms with Crippen LogP contribution in [0.4, 0.5) is 4.79 Å². The minimum Gasteiger partial charge on any atom is -0.333 e. The number of rotatable bonds is 4. The lowest BCUT2D eigenvalue weighted by molar-refractivity contribution is 0.213. The largest absolute Gasteiger partial charge is 0.333 e. The van der Waals surface area contributed by atoms with E-state index in [1.54, 1.807) is 6.20 Å².